The van der Waals surface area contributed by atoms with Gasteiger partial charge in [-0.15, -0.1) is 0 Å². The summed E-state index contributed by atoms with van der Waals surface area (Å²) in [5.74, 6) is 0. The standard InChI is InChI=1S/C10H7BrN2O2/c11-10(13(14)15)9-6-5-7-3-1-2-4-8(7)12-9/h1-6,10H. The number of nitro groups is 1. The van der Waals surface area contributed by atoms with Crippen molar-refractivity contribution in [3.8, 4) is 0 Å². The first-order valence-corrected chi connectivity index (χ1v) is 5.23. The highest BCUT2D eigenvalue weighted by molar-refractivity contribution is 9.09. The normalized spacial score (nSPS) is 12.6. The molecule has 0 saturated carbocycles. The second-order valence-corrected chi connectivity index (χ2v) is 3.92. The first-order chi connectivity index (χ1) is 7.18. The molecule has 0 aliphatic carbocycles. The van der Waals surface area contributed by atoms with Gasteiger partial charge in [0.25, 0.3) is 0 Å². The van der Waals surface area contributed by atoms with Gasteiger partial charge in [-0.3, -0.25) is 10.1 Å². The van der Waals surface area contributed by atoms with E-state index < -0.39 is 9.87 Å². The molecular weight excluding hydrogens is 260 g/mol. The molecule has 2 aromatic rings. The third-order valence-corrected chi connectivity index (χ3v) is 2.85. The molecule has 1 aromatic carbocycles. The third-order valence-electron chi connectivity index (χ3n) is 2.05. The van der Waals surface area contributed by atoms with Crippen molar-refractivity contribution in [1.82, 2.24) is 4.98 Å². The van der Waals surface area contributed by atoms with Crippen molar-refractivity contribution in [1.29, 1.82) is 0 Å². The largest absolute Gasteiger partial charge is 0.307 e. The number of aromatic nitrogens is 1. The van der Waals surface area contributed by atoms with Crippen molar-refractivity contribution in [3.05, 3.63) is 52.2 Å². The van der Waals surface area contributed by atoms with Gasteiger partial charge in [0.1, 0.15) is 5.69 Å². The molecule has 0 bridgehead atoms. The lowest BCUT2D eigenvalue weighted by Gasteiger charge is -2.02. The highest BCUT2D eigenvalue weighted by atomic mass is 79.9. The van der Waals surface area contributed by atoms with Gasteiger partial charge in [-0.2, -0.15) is 0 Å². The van der Waals surface area contributed by atoms with Crippen molar-refractivity contribution in [2.24, 2.45) is 0 Å². The van der Waals surface area contributed by atoms with Gasteiger partial charge in [-0.25, -0.2) is 4.98 Å². The fourth-order valence-corrected chi connectivity index (χ4v) is 1.58. The Hall–Kier alpha value is -1.49. The van der Waals surface area contributed by atoms with Crippen LogP contribution in [-0.4, -0.2) is 9.91 Å². The minimum atomic E-state index is -0.942. The third kappa shape index (κ3) is 1.97. The van der Waals surface area contributed by atoms with Gasteiger partial charge in [0, 0.05) is 26.2 Å². The molecule has 1 unspecified atom stereocenters. The second kappa shape index (κ2) is 3.94. The molecule has 0 N–H and O–H groups in total. The Balaban J connectivity index is 2.51. The number of hydrogen-bond donors (Lipinski definition) is 0. The van der Waals surface area contributed by atoms with E-state index in [4.69, 9.17) is 0 Å². The minimum absolute atomic E-state index is 0.415. The molecule has 15 heavy (non-hydrogen) atoms. The average molecular weight is 267 g/mol. The van der Waals surface area contributed by atoms with Crippen LogP contribution in [0.2, 0.25) is 0 Å². The van der Waals surface area contributed by atoms with Crippen molar-refractivity contribution < 1.29 is 4.92 Å². The van der Waals surface area contributed by atoms with E-state index in [1.54, 1.807) is 6.07 Å². The molecule has 1 heterocycles. The van der Waals surface area contributed by atoms with Crippen LogP contribution in [0.4, 0.5) is 0 Å². The summed E-state index contributed by atoms with van der Waals surface area (Å²) in [6.45, 7) is 0. The van der Waals surface area contributed by atoms with Crippen molar-refractivity contribution in [2.45, 2.75) is 4.95 Å². The predicted octanol–water partition coefficient (Wildman–Crippen LogP) is 2.91. The minimum Gasteiger partial charge on any atom is -0.263 e. The van der Waals surface area contributed by atoms with Crippen LogP contribution in [-0.2, 0) is 0 Å². The number of rotatable bonds is 2. The molecule has 0 spiro atoms. The van der Waals surface area contributed by atoms with Gasteiger partial charge in [-0.05, 0) is 12.1 Å². The monoisotopic (exact) mass is 266 g/mol. The molecule has 1 aromatic heterocycles. The highest BCUT2D eigenvalue weighted by Crippen LogP contribution is 2.23. The number of para-hydroxylation sites is 1. The van der Waals surface area contributed by atoms with Crippen LogP contribution in [0.3, 0.4) is 0 Å². The maximum Gasteiger partial charge on any atom is 0.307 e. The molecule has 0 aliphatic rings. The fraction of sp³-hybridized carbons (Fsp3) is 0.100. The quantitative estimate of drug-likeness (QED) is 0.364. The van der Waals surface area contributed by atoms with Crippen LogP contribution in [0.25, 0.3) is 10.9 Å². The van der Waals surface area contributed by atoms with Crippen LogP contribution >= 0.6 is 15.9 Å². The predicted molar refractivity (Wildman–Crippen MR) is 60.4 cm³/mol. The Morgan fingerprint density at radius 1 is 1.27 bits per heavy atom. The second-order valence-electron chi connectivity index (χ2n) is 3.05. The van der Waals surface area contributed by atoms with Gasteiger partial charge in [0.05, 0.1) is 5.52 Å². The molecule has 76 valence electrons. The zero-order chi connectivity index (χ0) is 10.8. The Labute approximate surface area is 94.2 Å². The van der Waals surface area contributed by atoms with Gasteiger partial charge in [0.15, 0.2) is 0 Å². The topological polar surface area (TPSA) is 56.0 Å². The van der Waals surface area contributed by atoms with E-state index in [0.717, 1.165) is 10.9 Å². The Bertz CT molecular complexity index is 516. The summed E-state index contributed by atoms with van der Waals surface area (Å²) in [6, 6.07) is 11.0. The number of hydrogen-bond acceptors (Lipinski definition) is 3. The Kier molecular flexibility index (Phi) is 2.64. The summed E-state index contributed by atoms with van der Waals surface area (Å²) in [4.78, 5) is 13.4. The molecule has 0 radical (unpaired) electrons. The number of pyridine rings is 1. The van der Waals surface area contributed by atoms with Crippen molar-refractivity contribution >= 4 is 26.8 Å². The smallest absolute Gasteiger partial charge is 0.263 e. The van der Waals surface area contributed by atoms with Gasteiger partial charge in [-0.1, -0.05) is 24.3 Å². The lowest BCUT2D eigenvalue weighted by molar-refractivity contribution is -0.498. The molecule has 2 rings (SSSR count). The van der Waals surface area contributed by atoms with Crippen LogP contribution in [0.1, 0.15) is 10.6 Å². The molecule has 0 aliphatic heterocycles. The maximum absolute atomic E-state index is 10.6. The van der Waals surface area contributed by atoms with Crippen LogP contribution < -0.4 is 0 Å². The molecule has 4 nitrogen and oxygen atoms in total. The summed E-state index contributed by atoms with van der Waals surface area (Å²) >= 11 is 2.97. The number of benzene rings is 1. The molecule has 0 saturated heterocycles. The van der Waals surface area contributed by atoms with E-state index in [-0.39, 0.29) is 0 Å². The van der Waals surface area contributed by atoms with E-state index in [1.807, 2.05) is 30.3 Å². The summed E-state index contributed by atoms with van der Waals surface area (Å²) in [5.41, 5.74) is 1.18. The van der Waals surface area contributed by atoms with Gasteiger partial charge in [0.2, 0.25) is 0 Å². The van der Waals surface area contributed by atoms with Gasteiger partial charge < -0.3 is 0 Å². The number of alkyl halides is 1. The molecule has 0 amide bonds. The van der Waals surface area contributed by atoms with E-state index in [1.165, 1.54) is 0 Å². The van der Waals surface area contributed by atoms with Crippen molar-refractivity contribution in [3.63, 3.8) is 0 Å². The Morgan fingerprint density at radius 3 is 2.73 bits per heavy atom. The average Bonchev–Trinajstić information content (AvgIpc) is 2.27. The van der Waals surface area contributed by atoms with Gasteiger partial charge >= 0.3 is 4.95 Å². The molecular formula is C10H7BrN2O2. The lowest BCUT2D eigenvalue weighted by Crippen LogP contribution is -2.04. The van der Waals surface area contributed by atoms with Crippen LogP contribution in [0.5, 0.6) is 0 Å². The molecule has 5 heteroatoms. The highest BCUT2D eigenvalue weighted by Gasteiger charge is 2.19. The van der Waals surface area contributed by atoms with Crippen molar-refractivity contribution in [2.75, 3.05) is 0 Å². The van der Waals surface area contributed by atoms with E-state index in [0.29, 0.717) is 5.69 Å². The van der Waals surface area contributed by atoms with Crippen LogP contribution in [0, 0.1) is 10.1 Å². The number of fused-ring (bicyclic) bond motifs is 1. The summed E-state index contributed by atoms with van der Waals surface area (Å²) < 4.78 is 0. The number of halogens is 1. The Morgan fingerprint density at radius 2 is 2.00 bits per heavy atom. The fourth-order valence-electron chi connectivity index (χ4n) is 1.32. The first kappa shape index (κ1) is 10.0. The SMILES string of the molecule is O=[N+]([O-])C(Br)c1ccc2ccccc2n1. The number of nitrogens with zero attached hydrogens (tertiary/aromatic N) is 2. The molecule has 0 fully saturated rings. The van der Waals surface area contributed by atoms with Crippen LogP contribution in [0.15, 0.2) is 36.4 Å². The summed E-state index contributed by atoms with van der Waals surface area (Å²) in [6.07, 6.45) is 0. The van der Waals surface area contributed by atoms with E-state index >= 15 is 0 Å². The maximum atomic E-state index is 10.6. The van der Waals surface area contributed by atoms with E-state index in [9.17, 15) is 10.1 Å². The molecule has 1 atom stereocenters. The zero-order valence-electron chi connectivity index (χ0n) is 7.63. The lowest BCUT2D eigenvalue weighted by atomic mass is 10.2. The summed E-state index contributed by atoms with van der Waals surface area (Å²) in [5, 5.41) is 11.5. The summed E-state index contributed by atoms with van der Waals surface area (Å²) in [7, 11) is 0. The zero-order valence-corrected chi connectivity index (χ0v) is 9.22. The van der Waals surface area contributed by atoms with E-state index in [2.05, 4.69) is 20.9 Å². The first-order valence-electron chi connectivity index (χ1n) is 4.32.